The maximum absolute atomic E-state index is 12.8. The Labute approximate surface area is 196 Å². The molecule has 2 heterocycles. The van der Waals surface area contributed by atoms with Gasteiger partial charge >= 0.3 is 6.03 Å². The number of halogens is 1. The highest BCUT2D eigenvalue weighted by molar-refractivity contribution is 6.31. The molecule has 0 spiro atoms. The smallest absolute Gasteiger partial charge is 0.321 e. The number of rotatable bonds is 4. The topological polar surface area (TPSA) is 70.6 Å². The number of urea groups is 1. The summed E-state index contributed by atoms with van der Waals surface area (Å²) in [6.07, 6.45) is 1.55. The van der Waals surface area contributed by atoms with Crippen molar-refractivity contribution in [2.24, 2.45) is 0 Å². The first-order valence-corrected chi connectivity index (χ1v) is 11.1. The summed E-state index contributed by atoms with van der Waals surface area (Å²) in [7, 11) is 0. The molecule has 3 aromatic carbocycles. The van der Waals surface area contributed by atoms with Gasteiger partial charge in [0, 0.05) is 42.3 Å². The average Bonchev–Trinajstić information content (AvgIpc) is 2.85. The number of para-hydroxylation sites is 1. The number of piperazine rings is 1. The molecule has 166 valence electrons. The Morgan fingerprint density at radius 1 is 0.879 bits per heavy atom. The minimum atomic E-state index is -0.120. The summed E-state index contributed by atoms with van der Waals surface area (Å²) in [5.41, 5.74) is 1.54. The van der Waals surface area contributed by atoms with Crippen molar-refractivity contribution in [3.8, 4) is 11.5 Å². The predicted molar refractivity (Wildman–Crippen MR) is 130 cm³/mol. The molecule has 1 saturated heterocycles. The first-order valence-electron chi connectivity index (χ1n) is 10.7. The molecule has 5 rings (SSSR count). The molecular formula is C25H22ClN5O2. The minimum absolute atomic E-state index is 0.120. The van der Waals surface area contributed by atoms with E-state index in [0.717, 1.165) is 28.2 Å². The third-order valence-corrected chi connectivity index (χ3v) is 5.76. The van der Waals surface area contributed by atoms with Crippen LogP contribution in [0.2, 0.25) is 5.02 Å². The van der Waals surface area contributed by atoms with Crippen LogP contribution in [-0.2, 0) is 0 Å². The highest BCUT2D eigenvalue weighted by atomic mass is 35.5. The predicted octanol–water partition coefficient (Wildman–Crippen LogP) is 5.43. The molecule has 1 fully saturated rings. The number of hydrogen-bond acceptors (Lipinski definition) is 5. The van der Waals surface area contributed by atoms with Crippen molar-refractivity contribution in [1.29, 1.82) is 0 Å². The Morgan fingerprint density at radius 3 is 2.36 bits per heavy atom. The number of nitrogens with one attached hydrogen (secondary N) is 1. The zero-order valence-corrected chi connectivity index (χ0v) is 18.6. The van der Waals surface area contributed by atoms with Crippen LogP contribution >= 0.6 is 11.6 Å². The molecule has 0 aliphatic carbocycles. The zero-order chi connectivity index (χ0) is 22.6. The minimum Gasteiger partial charge on any atom is -0.457 e. The van der Waals surface area contributed by atoms with E-state index in [4.69, 9.17) is 16.3 Å². The molecule has 1 aromatic heterocycles. The largest absolute Gasteiger partial charge is 0.457 e. The van der Waals surface area contributed by atoms with E-state index in [1.807, 2.05) is 77.7 Å². The summed E-state index contributed by atoms with van der Waals surface area (Å²) in [5.74, 6) is 2.35. The number of hydrogen-bond donors (Lipinski definition) is 1. The van der Waals surface area contributed by atoms with Crippen molar-refractivity contribution in [2.45, 2.75) is 0 Å². The van der Waals surface area contributed by atoms with Crippen molar-refractivity contribution >= 4 is 40.0 Å². The summed E-state index contributed by atoms with van der Waals surface area (Å²) in [6.45, 7) is 2.57. The Kier molecular flexibility index (Phi) is 5.95. The highest BCUT2D eigenvalue weighted by Gasteiger charge is 2.23. The summed E-state index contributed by atoms with van der Waals surface area (Å²) in [5, 5.41) is 4.57. The van der Waals surface area contributed by atoms with E-state index in [9.17, 15) is 4.79 Å². The maximum Gasteiger partial charge on any atom is 0.321 e. The fourth-order valence-corrected chi connectivity index (χ4v) is 3.99. The van der Waals surface area contributed by atoms with Crippen LogP contribution in [-0.4, -0.2) is 47.1 Å². The lowest BCUT2D eigenvalue weighted by atomic mass is 10.2. The van der Waals surface area contributed by atoms with Gasteiger partial charge in [-0.3, -0.25) is 0 Å². The Morgan fingerprint density at radius 2 is 1.61 bits per heavy atom. The SMILES string of the molecule is O=C(Nc1ccc(Oc2ccccc2)cc1)N1CCN(c2ncnc3cc(Cl)ccc23)CC1. The van der Waals surface area contributed by atoms with Crippen molar-refractivity contribution in [1.82, 2.24) is 14.9 Å². The van der Waals surface area contributed by atoms with Gasteiger partial charge in [0.2, 0.25) is 0 Å². The monoisotopic (exact) mass is 459 g/mol. The van der Waals surface area contributed by atoms with Gasteiger partial charge in [0.05, 0.1) is 5.52 Å². The van der Waals surface area contributed by atoms with Gasteiger partial charge in [0.15, 0.2) is 0 Å². The van der Waals surface area contributed by atoms with E-state index in [1.54, 1.807) is 6.33 Å². The van der Waals surface area contributed by atoms with Gasteiger partial charge in [0.1, 0.15) is 23.6 Å². The van der Waals surface area contributed by atoms with Crippen molar-refractivity contribution in [3.63, 3.8) is 0 Å². The van der Waals surface area contributed by atoms with Crippen molar-refractivity contribution in [2.75, 3.05) is 36.4 Å². The normalized spacial score (nSPS) is 13.7. The third-order valence-electron chi connectivity index (χ3n) is 5.53. The number of carbonyl (C=O) groups excluding carboxylic acids is 1. The van der Waals surface area contributed by atoms with Crippen molar-refractivity contribution < 1.29 is 9.53 Å². The molecule has 1 aliphatic heterocycles. The van der Waals surface area contributed by atoms with E-state index >= 15 is 0 Å². The molecule has 1 N–H and O–H groups in total. The zero-order valence-electron chi connectivity index (χ0n) is 17.8. The Hall–Kier alpha value is -3.84. The van der Waals surface area contributed by atoms with Gasteiger partial charge in [-0.1, -0.05) is 29.8 Å². The van der Waals surface area contributed by atoms with Gasteiger partial charge < -0.3 is 19.9 Å². The maximum atomic E-state index is 12.8. The van der Waals surface area contributed by atoms with Crippen LogP contribution in [0, 0.1) is 0 Å². The number of aromatic nitrogens is 2. The average molecular weight is 460 g/mol. The van der Waals surface area contributed by atoms with Crippen LogP contribution in [0.4, 0.5) is 16.3 Å². The number of fused-ring (bicyclic) bond motifs is 1. The molecule has 2 amide bonds. The number of anilines is 2. The molecular weight excluding hydrogens is 438 g/mol. The van der Waals surface area contributed by atoms with E-state index in [1.165, 1.54) is 0 Å². The van der Waals surface area contributed by atoms with Crippen LogP contribution in [0.25, 0.3) is 10.9 Å². The van der Waals surface area contributed by atoms with E-state index in [2.05, 4.69) is 20.2 Å². The lowest BCUT2D eigenvalue weighted by Crippen LogP contribution is -2.50. The molecule has 1 aliphatic rings. The molecule has 7 nitrogen and oxygen atoms in total. The molecule has 33 heavy (non-hydrogen) atoms. The number of ether oxygens (including phenoxy) is 1. The number of carbonyl (C=O) groups is 1. The van der Waals surface area contributed by atoms with Gasteiger partial charge in [-0.25, -0.2) is 14.8 Å². The summed E-state index contributed by atoms with van der Waals surface area (Å²) < 4.78 is 5.80. The fourth-order valence-electron chi connectivity index (χ4n) is 3.82. The molecule has 0 atom stereocenters. The Balaban J connectivity index is 1.18. The van der Waals surface area contributed by atoms with Crippen LogP contribution in [0.1, 0.15) is 0 Å². The summed E-state index contributed by atoms with van der Waals surface area (Å²) in [6, 6.07) is 22.4. The highest BCUT2D eigenvalue weighted by Crippen LogP contribution is 2.26. The molecule has 0 unspecified atom stereocenters. The number of amides is 2. The van der Waals surface area contributed by atoms with E-state index < -0.39 is 0 Å². The summed E-state index contributed by atoms with van der Waals surface area (Å²) >= 11 is 6.09. The first kappa shape index (κ1) is 21.0. The fraction of sp³-hybridized carbons (Fsp3) is 0.160. The first-order chi connectivity index (χ1) is 16.2. The third kappa shape index (κ3) is 4.83. The number of benzene rings is 3. The van der Waals surface area contributed by atoms with Gasteiger partial charge in [-0.2, -0.15) is 0 Å². The molecule has 0 radical (unpaired) electrons. The molecule has 0 bridgehead atoms. The second kappa shape index (κ2) is 9.34. The lowest BCUT2D eigenvalue weighted by Gasteiger charge is -2.35. The standard InChI is InChI=1S/C25H22ClN5O2/c26-18-6-11-22-23(16-18)27-17-28-24(22)30-12-14-31(15-13-30)25(32)29-19-7-9-21(10-8-19)33-20-4-2-1-3-5-20/h1-11,16-17H,12-15H2,(H,29,32). The Bertz CT molecular complexity index is 1260. The van der Waals surface area contributed by atoms with Crippen LogP contribution in [0.15, 0.2) is 79.1 Å². The second-order valence-corrected chi connectivity index (χ2v) is 8.14. The second-order valence-electron chi connectivity index (χ2n) is 7.70. The van der Waals surface area contributed by atoms with Gasteiger partial charge in [-0.15, -0.1) is 0 Å². The van der Waals surface area contributed by atoms with Gasteiger partial charge in [-0.05, 0) is 54.6 Å². The van der Waals surface area contributed by atoms with E-state index in [-0.39, 0.29) is 6.03 Å². The molecule has 4 aromatic rings. The quantitative estimate of drug-likeness (QED) is 0.440. The molecule has 8 heteroatoms. The van der Waals surface area contributed by atoms with Crippen LogP contribution < -0.4 is 15.0 Å². The number of nitrogens with zero attached hydrogens (tertiary/aromatic N) is 4. The van der Waals surface area contributed by atoms with Crippen LogP contribution in [0.3, 0.4) is 0 Å². The van der Waals surface area contributed by atoms with E-state index in [0.29, 0.717) is 37.0 Å². The molecule has 0 saturated carbocycles. The lowest BCUT2D eigenvalue weighted by molar-refractivity contribution is 0.208. The van der Waals surface area contributed by atoms with Gasteiger partial charge in [0.25, 0.3) is 0 Å². The van der Waals surface area contributed by atoms with Crippen molar-refractivity contribution in [3.05, 3.63) is 84.1 Å². The summed E-state index contributed by atoms with van der Waals surface area (Å²) in [4.78, 5) is 25.5. The van der Waals surface area contributed by atoms with Crippen LogP contribution in [0.5, 0.6) is 11.5 Å².